The first kappa shape index (κ1) is 35.2. The SMILES string of the molecule is CC(C)(CCN=C(N)NC#N)CN(C[C@@H](O)[C@H](Cc1ccccc1)NC(=O)O[C@H]1CO[C@H]2OCC[C@H]21)S(=O)(=O)c1ccc2c(c1)OCO2. The molecular weight excluding hydrogens is 644 g/mol. The fourth-order valence-corrected chi connectivity index (χ4v) is 7.59. The van der Waals surface area contributed by atoms with Gasteiger partial charge in [-0.25, -0.2) is 13.2 Å². The molecule has 16 heteroatoms. The lowest BCUT2D eigenvalue weighted by molar-refractivity contribution is -0.0907. The number of hydrogen-bond donors (Lipinski definition) is 4. The molecule has 3 aliphatic heterocycles. The largest absolute Gasteiger partial charge is 0.454 e. The maximum absolute atomic E-state index is 14.2. The van der Waals surface area contributed by atoms with Gasteiger partial charge in [0.25, 0.3) is 0 Å². The molecule has 5 atom stereocenters. The zero-order valence-electron chi connectivity index (χ0n) is 26.9. The van der Waals surface area contributed by atoms with Gasteiger partial charge in [0.2, 0.25) is 22.8 Å². The molecule has 2 aromatic rings. The maximum Gasteiger partial charge on any atom is 0.407 e. The van der Waals surface area contributed by atoms with Gasteiger partial charge in [0, 0.05) is 25.7 Å². The van der Waals surface area contributed by atoms with E-state index in [0.29, 0.717) is 30.9 Å². The fraction of sp³-hybridized carbons (Fsp3) is 0.531. The van der Waals surface area contributed by atoms with Crippen molar-refractivity contribution in [3.63, 3.8) is 0 Å². The highest BCUT2D eigenvalue weighted by Crippen LogP contribution is 2.36. The third-order valence-corrected chi connectivity index (χ3v) is 10.3. The van der Waals surface area contributed by atoms with Crippen LogP contribution in [-0.2, 0) is 30.7 Å². The normalized spacial score (nSPS) is 21.7. The summed E-state index contributed by atoms with van der Waals surface area (Å²) in [6, 6.07) is 12.7. The molecule has 3 heterocycles. The lowest BCUT2D eigenvalue weighted by Crippen LogP contribution is -2.52. The number of sulfonamides is 1. The zero-order valence-corrected chi connectivity index (χ0v) is 27.7. The maximum atomic E-state index is 14.2. The Morgan fingerprint density at radius 3 is 2.75 bits per heavy atom. The van der Waals surface area contributed by atoms with Crippen LogP contribution in [0.3, 0.4) is 0 Å². The van der Waals surface area contributed by atoms with E-state index >= 15 is 0 Å². The number of aliphatic hydroxyl groups is 1. The number of nitrogens with one attached hydrogen (secondary N) is 2. The Morgan fingerprint density at radius 1 is 1.21 bits per heavy atom. The highest BCUT2D eigenvalue weighted by atomic mass is 32.2. The smallest absolute Gasteiger partial charge is 0.407 e. The molecule has 48 heavy (non-hydrogen) atoms. The Kier molecular flexibility index (Phi) is 11.3. The molecular formula is C32H42N6O9S. The number of hydrogen-bond acceptors (Lipinski definition) is 11. The van der Waals surface area contributed by atoms with Crippen molar-refractivity contribution in [1.82, 2.24) is 14.9 Å². The van der Waals surface area contributed by atoms with Gasteiger partial charge in [0.15, 0.2) is 24.0 Å². The van der Waals surface area contributed by atoms with E-state index in [0.717, 1.165) is 5.56 Å². The number of nitrogens with two attached hydrogens (primary N) is 1. The number of fused-ring (bicyclic) bond motifs is 2. The third kappa shape index (κ3) is 8.85. The van der Waals surface area contributed by atoms with E-state index in [1.165, 1.54) is 22.5 Å². The van der Waals surface area contributed by atoms with Crippen molar-refractivity contribution in [2.45, 2.75) is 62.5 Å². The number of nitriles is 1. The van der Waals surface area contributed by atoms with Gasteiger partial charge in [-0.05, 0) is 42.4 Å². The first-order valence-corrected chi connectivity index (χ1v) is 17.2. The number of benzene rings is 2. The van der Waals surface area contributed by atoms with Gasteiger partial charge in [-0.15, -0.1) is 0 Å². The van der Waals surface area contributed by atoms with Gasteiger partial charge < -0.3 is 39.8 Å². The average molecular weight is 687 g/mol. The molecule has 5 N–H and O–H groups in total. The summed E-state index contributed by atoms with van der Waals surface area (Å²) in [4.78, 5) is 17.3. The topological polar surface area (TPSA) is 207 Å². The van der Waals surface area contributed by atoms with E-state index in [2.05, 4.69) is 15.6 Å². The first-order valence-electron chi connectivity index (χ1n) is 15.7. The van der Waals surface area contributed by atoms with Crippen LogP contribution in [0.5, 0.6) is 11.5 Å². The minimum absolute atomic E-state index is 0.0209. The summed E-state index contributed by atoms with van der Waals surface area (Å²) >= 11 is 0. The number of ether oxygens (including phenoxy) is 5. The third-order valence-electron chi connectivity index (χ3n) is 8.54. The molecule has 0 spiro atoms. The quantitative estimate of drug-likeness (QED) is 0.0969. The van der Waals surface area contributed by atoms with E-state index in [-0.39, 0.29) is 56.2 Å². The van der Waals surface area contributed by atoms with Crippen molar-refractivity contribution < 1.29 is 42.0 Å². The number of amides is 1. The number of carbonyl (C=O) groups excluding carboxylic acids is 1. The summed E-state index contributed by atoms with van der Waals surface area (Å²) in [5.41, 5.74) is 5.84. The second-order valence-corrected chi connectivity index (χ2v) is 14.6. The molecule has 0 unspecified atom stereocenters. The number of guanidine groups is 1. The Balaban J connectivity index is 1.37. The van der Waals surface area contributed by atoms with Gasteiger partial charge >= 0.3 is 6.09 Å². The van der Waals surface area contributed by atoms with E-state index in [1.807, 2.05) is 44.2 Å². The van der Waals surface area contributed by atoms with Crippen LogP contribution in [0.25, 0.3) is 0 Å². The van der Waals surface area contributed by atoms with Crippen LogP contribution in [0.4, 0.5) is 4.79 Å². The summed E-state index contributed by atoms with van der Waals surface area (Å²) in [6.07, 6.45) is -0.000298. The van der Waals surface area contributed by atoms with Crippen LogP contribution < -0.4 is 25.8 Å². The van der Waals surface area contributed by atoms with Crippen LogP contribution in [0.1, 0.15) is 32.3 Å². The molecule has 0 bridgehead atoms. The monoisotopic (exact) mass is 686 g/mol. The van der Waals surface area contributed by atoms with Crippen LogP contribution in [0, 0.1) is 22.8 Å². The summed E-state index contributed by atoms with van der Waals surface area (Å²) < 4.78 is 57.3. The summed E-state index contributed by atoms with van der Waals surface area (Å²) in [7, 11) is -4.22. The predicted octanol–water partition coefficient (Wildman–Crippen LogP) is 1.67. The van der Waals surface area contributed by atoms with Gasteiger partial charge in [0.05, 0.1) is 36.2 Å². The van der Waals surface area contributed by atoms with Crippen LogP contribution >= 0.6 is 0 Å². The molecule has 0 radical (unpaired) electrons. The van der Waals surface area contributed by atoms with Crippen molar-refractivity contribution >= 4 is 22.1 Å². The number of alkyl carbamates (subject to hydrolysis) is 1. The van der Waals surface area contributed by atoms with Gasteiger partial charge in [0.1, 0.15) is 6.10 Å². The van der Waals surface area contributed by atoms with Crippen LogP contribution in [-0.4, -0.2) is 94.1 Å². The van der Waals surface area contributed by atoms with Gasteiger partial charge in [-0.2, -0.15) is 9.57 Å². The lowest BCUT2D eigenvalue weighted by Gasteiger charge is -2.35. The molecule has 2 aromatic carbocycles. The minimum Gasteiger partial charge on any atom is -0.454 e. The number of aliphatic hydroxyl groups excluding tert-OH is 1. The predicted molar refractivity (Wildman–Crippen MR) is 172 cm³/mol. The zero-order chi connectivity index (χ0) is 34.3. The second-order valence-electron chi connectivity index (χ2n) is 12.7. The molecule has 5 rings (SSSR count). The molecule has 0 aliphatic carbocycles. The fourth-order valence-electron chi connectivity index (χ4n) is 5.92. The van der Waals surface area contributed by atoms with Crippen molar-refractivity contribution in [3.05, 3.63) is 54.1 Å². The number of aliphatic imine (C=N–C) groups is 1. The number of nitrogens with zero attached hydrogens (tertiary/aromatic N) is 3. The van der Waals surface area contributed by atoms with Crippen LogP contribution in [0.2, 0.25) is 0 Å². The van der Waals surface area contributed by atoms with E-state index in [1.54, 1.807) is 6.19 Å². The van der Waals surface area contributed by atoms with Crippen molar-refractivity contribution in [1.29, 1.82) is 5.26 Å². The Morgan fingerprint density at radius 2 is 1.98 bits per heavy atom. The molecule has 0 aromatic heterocycles. The summed E-state index contributed by atoms with van der Waals surface area (Å²) in [5.74, 6) is 0.600. The minimum atomic E-state index is -4.22. The van der Waals surface area contributed by atoms with E-state index in [4.69, 9.17) is 34.7 Å². The van der Waals surface area contributed by atoms with Gasteiger partial charge in [-0.1, -0.05) is 44.2 Å². The average Bonchev–Trinajstić information content (AvgIpc) is 3.79. The summed E-state index contributed by atoms with van der Waals surface area (Å²) in [5, 5.41) is 25.6. The highest BCUT2D eigenvalue weighted by molar-refractivity contribution is 7.89. The summed E-state index contributed by atoms with van der Waals surface area (Å²) in [6.45, 7) is 4.27. The van der Waals surface area contributed by atoms with Crippen molar-refractivity contribution in [2.75, 3.05) is 39.6 Å². The Bertz CT molecular complexity index is 1600. The van der Waals surface area contributed by atoms with Gasteiger partial charge in [-0.3, -0.25) is 10.3 Å². The number of rotatable bonds is 14. The molecule has 0 saturated carbocycles. The molecule has 1 amide bonds. The first-order chi connectivity index (χ1) is 22.9. The highest BCUT2D eigenvalue weighted by Gasteiger charge is 2.44. The van der Waals surface area contributed by atoms with Crippen molar-refractivity contribution in [3.8, 4) is 17.7 Å². The molecule has 2 fully saturated rings. The van der Waals surface area contributed by atoms with E-state index < -0.39 is 46.1 Å². The molecule has 3 aliphatic rings. The molecule has 260 valence electrons. The molecule has 2 saturated heterocycles. The Hall–Kier alpha value is -4.14. The Labute approximate surface area is 280 Å². The molecule has 15 nitrogen and oxygen atoms in total. The second kappa shape index (κ2) is 15.4. The lowest BCUT2D eigenvalue weighted by atomic mass is 9.89. The number of carbonyl (C=O) groups is 1. The van der Waals surface area contributed by atoms with E-state index in [9.17, 15) is 18.3 Å². The van der Waals surface area contributed by atoms with Crippen molar-refractivity contribution in [2.24, 2.45) is 22.1 Å². The standard InChI is InChI=1S/C32H42N6O9S/c1-32(2,11-12-35-30(34)36-19-33)18-38(48(41,42)22-8-9-26-27(15-22)46-20-45-26)16-25(39)24(14-21-6-4-3-5-7-21)37-31(40)47-28-17-44-29-23(28)10-13-43-29/h3-9,15,23-25,28-29,39H,10-14,16-18,20H2,1-2H3,(H,37,40)(H3,34,35,36)/t23-,24-,25+,28-,29+/m0/s1. The van der Waals surface area contributed by atoms with Crippen LogP contribution in [0.15, 0.2) is 58.4 Å².